The third kappa shape index (κ3) is 3.36. The Bertz CT molecular complexity index is 666. The van der Waals surface area contributed by atoms with Gasteiger partial charge in [-0.1, -0.05) is 12.1 Å². The highest BCUT2D eigenvalue weighted by atomic mass is 32.2. The fourth-order valence-electron chi connectivity index (χ4n) is 2.64. The highest BCUT2D eigenvalue weighted by Gasteiger charge is 2.37. The summed E-state index contributed by atoms with van der Waals surface area (Å²) in [6.45, 7) is 0. The molecule has 0 saturated carbocycles. The lowest BCUT2D eigenvalue weighted by Gasteiger charge is -2.29. The van der Waals surface area contributed by atoms with Gasteiger partial charge >= 0.3 is 11.9 Å². The molecule has 0 bridgehead atoms. The molecule has 0 radical (unpaired) electrons. The number of methoxy groups -OCH3 is 2. The second kappa shape index (κ2) is 7.17. The molecule has 128 valence electrons. The summed E-state index contributed by atoms with van der Waals surface area (Å²) in [5.41, 5.74) is 0.967. The van der Waals surface area contributed by atoms with Crippen molar-refractivity contribution in [1.29, 1.82) is 0 Å². The Morgan fingerprint density at radius 3 is 2.50 bits per heavy atom. The van der Waals surface area contributed by atoms with E-state index in [9.17, 15) is 9.59 Å². The summed E-state index contributed by atoms with van der Waals surface area (Å²) in [5, 5.41) is 0. The molecule has 2 aliphatic heterocycles. The van der Waals surface area contributed by atoms with Crippen LogP contribution in [0.5, 0.6) is 5.75 Å². The maximum absolute atomic E-state index is 12.0. The molecular weight excluding hydrogens is 332 g/mol. The van der Waals surface area contributed by atoms with E-state index in [4.69, 9.17) is 18.9 Å². The lowest BCUT2D eigenvalue weighted by molar-refractivity contribution is -0.142. The number of carbonyl (C=O) groups excluding carboxylic acids is 2. The fourth-order valence-corrected chi connectivity index (χ4v) is 3.74. The van der Waals surface area contributed by atoms with E-state index < -0.39 is 12.1 Å². The van der Waals surface area contributed by atoms with E-state index in [0.29, 0.717) is 29.3 Å². The van der Waals surface area contributed by atoms with Crippen LogP contribution in [0.4, 0.5) is 0 Å². The molecule has 24 heavy (non-hydrogen) atoms. The Kier molecular flexibility index (Phi) is 4.99. The van der Waals surface area contributed by atoms with Gasteiger partial charge in [-0.25, -0.2) is 4.79 Å². The number of esters is 2. The molecule has 1 aromatic rings. The number of carbonyl (C=O) groups is 2. The zero-order valence-corrected chi connectivity index (χ0v) is 14.3. The first-order chi connectivity index (χ1) is 11.6. The summed E-state index contributed by atoms with van der Waals surface area (Å²) in [6, 6.07) is 7.56. The van der Waals surface area contributed by atoms with Crippen molar-refractivity contribution >= 4 is 23.7 Å². The predicted molar refractivity (Wildman–Crippen MR) is 87.4 cm³/mol. The van der Waals surface area contributed by atoms with Crippen molar-refractivity contribution in [2.24, 2.45) is 0 Å². The molecule has 1 aromatic carbocycles. The van der Waals surface area contributed by atoms with E-state index in [1.54, 1.807) is 7.11 Å². The van der Waals surface area contributed by atoms with Crippen molar-refractivity contribution in [2.45, 2.75) is 25.0 Å². The van der Waals surface area contributed by atoms with Crippen molar-refractivity contribution in [3.05, 3.63) is 40.5 Å². The molecule has 2 atom stereocenters. The van der Waals surface area contributed by atoms with Gasteiger partial charge in [-0.3, -0.25) is 4.79 Å². The Hall–Kier alpha value is -2.15. The van der Waals surface area contributed by atoms with Gasteiger partial charge < -0.3 is 18.9 Å². The molecule has 2 aliphatic rings. The molecule has 0 N–H and O–H groups in total. The van der Waals surface area contributed by atoms with Crippen LogP contribution in [0, 0.1) is 0 Å². The lowest BCUT2D eigenvalue weighted by Crippen LogP contribution is -2.25. The highest BCUT2D eigenvalue weighted by molar-refractivity contribution is 8.04. The van der Waals surface area contributed by atoms with Gasteiger partial charge in [0, 0.05) is 18.6 Å². The van der Waals surface area contributed by atoms with Crippen LogP contribution in [0.15, 0.2) is 34.9 Å². The summed E-state index contributed by atoms with van der Waals surface area (Å²) >= 11 is 1.36. The van der Waals surface area contributed by atoms with Gasteiger partial charge in [-0.15, -0.1) is 11.8 Å². The van der Waals surface area contributed by atoms with Crippen molar-refractivity contribution in [1.82, 2.24) is 0 Å². The van der Waals surface area contributed by atoms with Crippen LogP contribution in [-0.4, -0.2) is 38.0 Å². The smallest absolute Gasteiger partial charge is 0.347 e. The summed E-state index contributed by atoms with van der Waals surface area (Å²) in [7, 11) is 2.93. The van der Waals surface area contributed by atoms with Crippen LogP contribution >= 0.6 is 11.8 Å². The second-order valence-corrected chi connectivity index (χ2v) is 6.42. The number of thioether (sulfide) groups is 1. The van der Waals surface area contributed by atoms with E-state index in [1.807, 2.05) is 24.3 Å². The monoisotopic (exact) mass is 350 g/mol. The van der Waals surface area contributed by atoms with Crippen molar-refractivity contribution < 1.29 is 28.5 Å². The van der Waals surface area contributed by atoms with Crippen LogP contribution in [0.1, 0.15) is 24.5 Å². The molecule has 0 aromatic heterocycles. The van der Waals surface area contributed by atoms with Crippen molar-refractivity contribution in [2.75, 3.05) is 20.0 Å². The number of benzene rings is 1. The van der Waals surface area contributed by atoms with Crippen LogP contribution in [-0.2, 0) is 23.8 Å². The van der Waals surface area contributed by atoms with Crippen molar-refractivity contribution in [3.63, 3.8) is 0 Å². The standard InChI is InChI=1S/C17H18O6S/c1-20-11-5-3-10(4-6-11)13-9-24-16(17(19)21-2)15(23-13)12-7-8-14(18)22-12/h3-6,12-13H,7-9H2,1-2H3/t12-,13?/m1/s1. The van der Waals surface area contributed by atoms with Gasteiger partial charge in [-0.05, 0) is 17.7 Å². The van der Waals surface area contributed by atoms with E-state index in [1.165, 1.54) is 18.9 Å². The van der Waals surface area contributed by atoms with Crippen molar-refractivity contribution in [3.8, 4) is 5.75 Å². The van der Waals surface area contributed by atoms with E-state index in [2.05, 4.69) is 0 Å². The third-order valence-corrected chi connectivity index (χ3v) is 5.03. The quantitative estimate of drug-likeness (QED) is 0.773. The Morgan fingerprint density at radius 2 is 1.92 bits per heavy atom. The Labute approximate surface area is 144 Å². The molecule has 1 unspecified atom stereocenters. The summed E-state index contributed by atoms with van der Waals surface area (Å²) < 4.78 is 21.3. The normalized spacial score (nSPS) is 23.5. The lowest BCUT2D eigenvalue weighted by atomic mass is 10.1. The van der Waals surface area contributed by atoms with Gasteiger partial charge in [-0.2, -0.15) is 0 Å². The maximum atomic E-state index is 12.0. The Balaban J connectivity index is 1.86. The summed E-state index contributed by atoms with van der Waals surface area (Å²) in [6.07, 6.45) is 0.0674. The van der Waals surface area contributed by atoms with Gasteiger partial charge in [0.15, 0.2) is 11.9 Å². The number of hydrogen-bond acceptors (Lipinski definition) is 7. The first-order valence-corrected chi connectivity index (χ1v) is 8.56. The van der Waals surface area contributed by atoms with Crippen LogP contribution < -0.4 is 4.74 Å². The molecule has 0 spiro atoms. The molecule has 0 aliphatic carbocycles. The molecule has 1 saturated heterocycles. The second-order valence-electron chi connectivity index (χ2n) is 5.39. The zero-order valence-electron chi connectivity index (χ0n) is 13.4. The topological polar surface area (TPSA) is 71.1 Å². The minimum absolute atomic E-state index is 0.233. The number of rotatable bonds is 4. The largest absolute Gasteiger partial charge is 0.497 e. The zero-order chi connectivity index (χ0) is 17.1. The van der Waals surface area contributed by atoms with Gasteiger partial charge in [0.2, 0.25) is 0 Å². The van der Waals surface area contributed by atoms with Gasteiger partial charge in [0.25, 0.3) is 0 Å². The molecule has 2 heterocycles. The minimum Gasteiger partial charge on any atom is -0.497 e. The molecule has 6 nitrogen and oxygen atoms in total. The average Bonchev–Trinajstić information content (AvgIpc) is 3.07. The number of cyclic esters (lactones) is 1. The maximum Gasteiger partial charge on any atom is 0.347 e. The van der Waals surface area contributed by atoms with Crippen LogP contribution in [0.25, 0.3) is 0 Å². The van der Waals surface area contributed by atoms with E-state index in [-0.39, 0.29) is 12.1 Å². The van der Waals surface area contributed by atoms with Crippen LogP contribution in [0.2, 0.25) is 0 Å². The average molecular weight is 350 g/mol. The molecule has 3 rings (SSSR count). The number of ether oxygens (including phenoxy) is 4. The molecule has 1 fully saturated rings. The van der Waals surface area contributed by atoms with Gasteiger partial charge in [0.1, 0.15) is 16.8 Å². The van der Waals surface area contributed by atoms with E-state index in [0.717, 1.165) is 11.3 Å². The summed E-state index contributed by atoms with van der Waals surface area (Å²) in [5.74, 6) is 0.978. The highest BCUT2D eigenvalue weighted by Crippen LogP contribution is 2.41. The molecule has 0 amide bonds. The fraction of sp³-hybridized carbons (Fsp3) is 0.412. The Morgan fingerprint density at radius 1 is 1.17 bits per heavy atom. The van der Waals surface area contributed by atoms with Crippen LogP contribution in [0.3, 0.4) is 0 Å². The SMILES string of the molecule is COC(=O)C1=C([C@H]2CCC(=O)O2)OC(c2ccc(OC)cc2)CS1. The van der Waals surface area contributed by atoms with E-state index >= 15 is 0 Å². The molecular formula is C17H18O6S. The first kappa shape index (κ1) is 16.7. The summed E-state index contributed by atoms with van der Waals surface area (Å²) in [4.78, 5) is 23.8. The number of hydrogen-bond donors (Lipinski definition) is 0. The first-order valence-electron chi connectivity index (χ1n) is 7.57. The minimum atomic E-state index is -0.528. The third-order valence-electron chi connectivity index (χ3n) is 3.91. The molecule has 7 heteroatoms. The van der Waals surface area contributed by atoms with Gasteiger partial charge in [0.05, 0.1) is 14.2 Å². The predicted octanol–water partition coefficient (Wildman–Crippen LogP) is 2.59.